The Bertz CT molecular complexity index is 451. The van der Waals surface area contributed by atoms with Crippen molar-refractivity contribution in [2.45, 2.75) is 85.2 Å². The lowest BCUT2D eigenvalue weighted by molar-refractivity contribution is -0.0928. The smallest absolute Gasteiger partial charge is 0.104 e. The number of hydrogen-bond donors (Lipinski definition) is 0. The Kier molecular flexibility index (Phi) is 20.4. The van der Waals surface area contributed by atoms with Gasteiger partial charge in [0.25, 0.3) is 0 Å². The van der Waals surface area contributed by atoms with Crippen LogP contribution in [-0.4, -0.2) is 115 Å². The van der Waals surface area contributed by atoms with E-state index < -0.39 is 0 Å². The lowest BCUT2D eigenvalue weighted by Crippen LogP contribution is -2.29. The van der Waals surface area contributed by atoms with Crippen LogP contribution in [0.25, 0.3) is 0 Å². The molecule has 0 atom stereocenters. The van der Waals surface area contributed by atoms with Crippen LogP contribution in [0, 0.1) is 0 Å². The van der Waals surface area contributed by atoms with Gasteiger partial charge in [-0.1, -0.05) is 0 Å². The molecule has 0 amide bonds. The number of ether oxygens (including phenoxy) is 9. The van der Waals surface area contributed by atoms with Crippen LogP contribution in [0.1, 0.15) is 62.3 Å². The van der Waals surface area contributed by atoms with Gasteiger partial charge in [-0.05, 0) is 62.3 Å². The highest BCUT2D eigenvalue weighted by Gasteiger charge is 2.12. The molecule has 0 aromatic heterocycles. The molecule has 0 N–H and O–H groups in total. The van der Waals surface area contributed by atoms with E-state index in [0.717, 1.165) is 0 Å². The molecular formula is C27H56O9. The fourth-order valence-electron chi connectivity index (χ4n) is 2.61. The average Bonchev–Trinajstić information content (AvgIpc) is 2.73. The first-order chi connectivity index (χ1) is 16.8. The fraction of sp³-hybridized carbons (Fsp3) is 1.00. The Hall–Kier alpha value is -0.360. The summed E-state index contributed by atoms with van der Waals surface area (Å²) in [5.41, 5.74) is -0.468. The van der Waals surface area contributed by atoms with E-state index in [2.05, 4.69) is 0 Å². The second-order valence-electron chi connectivity index (χ2n) is 11.4. The minimum atomic E-state index is -0.201. The minimum Gasteiger partial charge on any atom is -0.377 e. The van der Waals surface area contributed by atoms with Crippen LogP contribution in [0.5, 0.6) is 0 Å². The van der Waals surface area contributed by atoms with Gasteiger partial charge in [-0.25, -0.2) is 0 Å². The highest BCUT2D eigenvalue weighted by Crippen LogP contribution is 2.07. The molecule has 0 saturated heterocycles. The summed E-state index contributed by atoms with van der Waals surface area (Å²) < 4.78 is 51.0. The molecule has 0 aromatic rings. The molecule has 0 heterocycles. The van der Waals surface area contributed by atoms with Crippen LogP contribution in [0.2, 0.25) is 0 Å². The van der Waals surface area contributed by atoms with E-state index in [1.807, 2.05) is 62.3 Å². The van der Waals surface area contributed by atoms with Gasteiger partial charge < -0.3 is 42.6 Å². The fourth-order valence-corrected chi connectivity index (χ4v) is 2.61. The van der Waals surface area contributed by atoms with Crippen molar-refractivity contribution >= 4 is 0 Å². The predicted molar refractivity (Wildman–Crippen MR) is 141 cm³/mol. The molecule has 9 heteroatoms. The summed E-state index contributed by atoms with van der Waals surface area (Å²) in [6.45, 7) is 25.2. The van der Waals surface area contributed by atoms with Crippen molar-refractivity contribution in [1.82, 2.24) is 0 Å². The Morgan fingerprint density at radius 3 is 0.972 bits per heavy atom. The second-order valence-corrected chi connectivity index (χ2v) is 11.4. The van der Waals surface area contributed by atoms with E-state index in [1.54, 1.807) is 0 Å². The van der Waals surface area contributed by atoms with Crippen LogP contribution in [0.4, 0.5) is 0 Å². The maximum Gasteiger partial charge on any atom is 0.104 e. The summed E-state index contributed by atoms with van der Waals surface area (Å²) >= 11 is 0. The molecule has 0 aliphatic heterocycles. The van der Waals surface area contributed by atoms with Crippen molar-refractivity contribution in [2.24, 2.45) is 0 Å². The van der Waals surface area contributed by atoms with Gasteiger partial charge in [0.1, 0.15) is 6.10 Å². The molecule has 0 aliphatic carbocycles. The molecule has 218 valence electrons. The van der Waals surface area contributed by atoms with E-state index in [4.69, 9.17) is 42.6 Å². The monoisotopic (exact) mass is 524 g/mol. The topological polar surface area (TPSA) is 83.1 Å². The van der Waals surface area contributed by atoms with Crippen molar-refractivity contribution in [3.05, 3.63) is 0 Å². The van der Waals surface area contributed by atoms with E-state index in [-0.39, 0.29) is 22.9 Å². The largest absolute Gasteiger partial charge is 0.377 e. The zero-order chi connectivity index (χ0) is 27.3. The Labute approximate surface area is 220 Å². The summed E-state index contributed by atoms with van der Waals surface area (Å²) in [5, 5.41) is 0. The lowest BCUT2D eigenvalue weighted by atomic mass is 10.2. The number of hydrogen-bond acceptors (Lipinski definition) is 9. The Morgan fingerprint density at radius 2 is 0.639 bits per heavy atom. The molecule has 0 radical (unpaired) electrons. The quantitative estimate of drug-likeness (QED) is 0.185. The molecule has 0 spiro atoms. The summed E-state index contributed by atoms with van der Waals surface area (Å²) in [4.78, 5) is 0. The third-order valence-corrected chi connectivity index (χ3v) is 4.22. The van der Waals surface area contributed by atoms with E-state index in [0.29, 0.717) is 92.5 Å². The standard InChI is InChI=1S/C27H56O9/c1-25(2,3)34-19-15-28-10-12-31-22-24(33-18-14-30-17-21-36-27(7,8)9)23-32-13-11-29-16-20-35-26(4,5)6/h24H,10-23H2,1-9H3. The van der Waals surface area contributed by atoms with Gasteiger partial charge in [-0.2, -0.15) is 0 Å². The molecule has 0 fully saturated rings. The molecular weight excluding hydrogens is 468 g/mol. The average molecular weight is 525 g/mol. The number of rotatable bonds is 23. The SMILES string of the molecule is CC(C)(C)OCCOCCOCC(COCCOCCOC(C)(C)C)OCCOCCOC(C)(C)C. The van der Waals surface area contributed by atoms with Gasteiger partial charge in [0.2, 0.25) is 0 Å². The molecule has 0 rings (SSSR count). The van der Waals surface area contributed by atoms with Crippen molar-refractivity contribution < 1.29 is 42.6 Å². The lowest BCUT2D eigenvalue weighted by Gasteiger charge is -2.20. The molecule has 36 heavy (non-hydrogen) atoms. The van der Waals surface area contributed by atoms with Crippen LogP contribution >= 0.6 is 0 Å². The molecule has 0 aliphatic rings. The van der Waals surface area contributed by atoms with Crippen LogP contribution < -0.4 is 0 Å². The summed E-state index contributed by atoms with van der Waals surface area (Å²) in [6.07, 6.45) is -0.201. The van der Waals surface area contributed by atoms with Crippen LogP contribution in [0.15, 0.2) is 0 Å². The first-order valence-corrected chi connectivity index (χ1v) is 13.2. The van der Waals surface area contributed by atoms with Gasteiger partial charge in [-0.15, -0.1) is 0 Å². The first kappa shape index (κ1) is 35.6. The zero-order valence-corrected chi connectivity index (χ0v) is 24.7. The minimum absolute atomic E-state index is 0.154. The normalized spacial score (nSPS) is 13.2. The van der Waals surface area contributed by atoms with E-state index in [9.17, 15) is 0 Å². The second kappa shape index (κ2) is 20.6. The van der Waals surface area contributed by atoms with Gasteiger partial charge in [-0.3, -0.25) is 0 Å². The Morgan fingerprint density at radius 1 is 0.361 bits per heavy atom. The van der Waals surface area contributed by atoms with E-state index >= 15 is 0 Å². The summed E-state index contributed by atoms with van der Waals surface area (Å²) in [6, 6.07) is 0. The maximum absolute atomic E-state index is 5.92. The van der Waals surface area contributed by atoms with Crippen molar-refractivity contribution in [3.63, 3.8) is 0 Å². The third-order valence-electron chi connectivity index (χ3n) is 4.22. The predicted octanol–water partition coefficient (Wildman–Crippen LogP) is 3.90. The van der Waals surface area contributed by atoms with Gasteiger partial charge >= 0.3 is 0 Å². The molecule has 0 saturated carbocycles. The first-order valence-electron chi connectivity index (χ1n) is 13.2. The molecule has 9 nitrogen and oxygen atoms in total. The van der Waals surface area contributed by atoms with Crippen molar-refractivity contribution in [1.29, 1.82) is 0 Å². The summed E-state index contributed by atoms with van der Waals surface area (Å²) in [7, 11) is 0. The van der Waals surface area contributed by atoms with Gasteiger partial charge in [0.05, 0.1) is 109 Å². The zero-order valence-electron chi connectivity index (χ0n) is 24.7. The van der Waals surface area contributed by atoms with Crippen LogP contribution in [-0.2, 0) is 42.6 Å². The van der Waals surface area contributed by atoms with Crippen LogP contribution in [0.3, 0.4) is 0 Å². The van der Waals surface area contributed by atoms with Gasteiger partial charge in [0, 0.05) is 0 Å². The van der Waals surface area contributed by atoms with Gasteiger partial charge in [0.15, 0.2) is 0 Å². The Balaban J connectivity index is 4.03. The molecule has 0 unspecified atom stereocenters. The van der Waals surface area contributed by atoms with Crippen molar-refractivity contribution in [3.8, 4) is 0 Å². The highest BCUT2D eigenvalue weighted by molar-refractivity contribution is 4.60. The molecule has 0 aromatic carbocycles. The highest BCUT2D eigenvalue weighted by atomic mass is 16.6. The summed E-state index contributed by atoms with van der Waals surface area (Å²) in [5.74, 6) is 0. The molecule has 0 bridgehead atoms. The van der Waals surface area contributed by atoms with Crippen molar-refractivity contribution in [2.75, 3.05) is 92.5 Å². The van der Waals surface area contributed by atoms with E-state index in [1.165, 1.54) is 0 Å². The third kappa shape index (κ3) is 29.9. The maximum atomic E-state index is 5.92.